The number of aliphatic hydroxyl groups excluding tert-OH is 1. The van der Waals surface area contributed by atoms with E-state index in [1.54, 1.807) is 0 Å². The maximum atomic E-state index is 11.9. The first-order valence-electron chi connectivity index (χ1n) is 6.66. The summed E-state index contributed by atoms with van der Waals surface area (Å²) in [7, 11) is 4.01. The molecule has 0 aliphatic heterocycles. The molecule has 0 aromatic carbocycles. The van der Waals surface area contributed by atoms with E-state index in [0.717, 1.165) is 45.2 Å². The van der Waals surface area contributed by atoms with Crippen LogP contribution >= 0.6 is 0 Å². The summed E-state index contributed by atoms with van der Waals surface area (Å²) in [6.07, 6.45) is 5.05. The maximum Gasteiger partial charge on any atom is 0.223 e. The fourth-order valence-corrected chi connectivity index (χ4v) is 2.44. The third-order valence-corrected chi connectivity index (χ3v) is 3.61. The van der Waals surface area contributed by atoms with Crippen molar-refractivity contribution in [1.29, 1.82) is 0 Å². The number of aliphatic hydroxyl groups is 1. The first-order valence-corrected chi connectivity index (χ1v) is 6.66. The summed E-state index contributed by atoms with van der Waals surface area (Å²) in [5.74, 6) is 1.05. The van der Waals surface area contributed by atoms with Gasteiger partial charge in [-0.3, -0.25) is 4.79 Å². The molecule has 1 rings (SSSR count). The van der Waals surface area contributed by atoms with Crippen LogP contribution in [0, 0.1) is 11.8 Å². The highest BCUT2D eigenvalue weighted by Crippen LogP contribution is 2.30. The molecule has 0 spiro atoms. The molecule has 1 aliphatic rings. The molecule has 0 saturated heterocycles. The van der Waals surface area contributed by atoms with E-state index >= 15 is 0 Å². The van der Waals surface area contributed by atoms with Crippen LogP contribution in [0.5, 0.6) is 0 Å². The fraction of sp³-hybridized carbons (Fsp3) is 0.923. The largest absolute Gasteiger partial charge is 0.396 e. The molecule has 0 radical (unpaired) electrons. The molecule has 100 valence electrons. The van der Waals surface area contributed by atoms with E-state index in [1.165, 1.54) is 0 Å². The van der Waals surface area contributed by atoms with Crippen molar-refractivity contribution >= 4 is 5.91 Å². The number of nitrogens with one attached hydrogen (secondary N) is 1. The van der Waals surface area contributed by atoms with E-state index < -0.39 is 0 Å². The van der Waals surface area contributed by atoms with E-state index in [9.17, 15) is 4.79 Å². The zero-order valence-electron chi connectivity index (χ0n) is 11.1. The van der Waals surface area contributed by atoms with Crippen LogP contribution in [0.25, 0.3) is 0 Å². The second-order valence-electron chi connectivity index (χ2n) is 5.32. The second kappa shape index (κ2) is 7.67. The van der Waals surface area contributed by atoms with Crippen LogP contribution in [-0.4, -0.2) is 49.7 Å². The van der Waals surface area contributed by atoms with Crippen molar-refractivity contribution in [3.05, 3.63) is 0 Å². The van der Waals surface area contributed by atoms with Gasteiger partial charge in [0.15, 0.2) is 0 Å². The lowest BCUT2D eigenvalue weighted by molar-refractivity contribution is -0.126. The molecule has 1 aliphatic carbocycles. The summed E-state index contributed by atoms with van der Waals surface area (Å²) in [6, 6.07) is 0. The van der Waals surface area contributed by atoms with Crippen molar-refractivity contribution in [2.75, 3.05) is 33.8 Å². The van der Waals surface area contributed by atoms with Gasteiger partial charge in [-0.2, -0.15) is 0 Å². The van der Waals surface area contributed by atoms with Crippen LogP contribution in [0.4, 0.5) is 0 Å². The third kappa shape index (κ3) is 5.50. The van der Waals surface area contributed by atoms with Gasteiger partial charge in [0.25, 0.3) is 0 Å². The van der Waals surface area contributed by atoms with Gasteiger partial charge in [0.1, 0.15) is 0 Å². The van der Waals surface area contributed by atoms with Gasteiger partial charge < -0.3 is 15.3 Å². The number of likely N-dealkylation sites (N-methyl/N-ethyl adjacent to an activating group) is 1. The van der Waals surface area contributed by atoms with Gasteiger partial charge in [-0.1, -0.05) is 0 Å². The number of hydrogen-bond donors (Lipinski definition) is 2. The summed E-state index contributed by atoms with van der Waals surface area (Å²) in [5, 5.41) is 11.9. The van der Waals surface area contributed by atoms with Gasteiger partial charge in [-0.15, -0.1) is 0 Å². The minimum absolute atomic E-state index is 0.201. The van der Waals surface area contributed by atoms with Gasteiger partial charge in [-0.05, 0) is 52.1 Å². The van der Waals surface area contributed by atoms with Gasteiger partial charge >= 0.3 is 0 Å². The lowest BCUT2D eigenvalue weighted by atomic mass is 9.80. The highest BCUT2D eigenvalue weighted by molar-refractivity contribution is 5.78. The SMILES string of the molecule is CN(C)CCNC(=O)C1CCC(CCO)CC1. The summed E-state index contributed by atoms with van der Waals surface area (Å²) in [5.41, 5.74) is 0. The van der Waals surface area contributed by atoms with Crippen LogP contribution in [0.3, 0.4) is 0 Å². The molecule has 0 unspecified atom stereocenters. The molecule has 17 heavy (non-hydrogen) atoms. The molecule has 2 N–H and O–H groups in total. The Labute approximate surface area is 104 Å². The van der Waals surface area contributed by atoms with Crippen molar-refractivity contribution in [1.82, 2.24) is 10.2 Å². The number of amides is 1. The van der Waals surface area contributed by atoms with Crippen LogP contribution < -0.4 is 5.32 Å². The molecule has 0 aromatic heterocycles. The van der Waals surface area contributed by atoms with Crippen molar-refractivity contribution in [2.45, 2.75) is 32.1 Å². The standard InChI is InChI=1S/C13H26N2O2/c1-15(2)9-8-14-13(17)12-5-3-11(4-6-12)7-10-16/h11-12,16H,3-10H2,1-2H3,(H,14,17). The first kappa shape index (κ1) is 14.5. The van der Waals surface area contributed by atoms with E-state index in [0.29, 0.717) is 5.92 Å². The van der Waals surface area contributed by atoms with Crippen LogP contribution in [-0.2, 0) is 4.79 Å². The average Bonchev–Trinajstić information content (AvgIpc) is 2.30. The summed E-state index contributed by atoms with van der Waals surface area (Å²) in [4.78, 5) is 13.9. The smallest absolute Gasteiger partial charge is 0.223 e. The number of carbonyl (C=O) groups is 1. The maximum absolute atomic E-state index is 11.9. The molecular weight excluding hydrogens is 216 g/mol. The Morgan fingerprint density at radius 2 is 1.94 bits per heavy atom. The zero-order valence-corrected chi connectivity index (χ0v) is 11.1. The molecule has 0 atom stereocenters. The van der Waals surface area contributed by atoms with Crippen LogP contribution in [0.1, 0.15) is 32.1 Å². The highest BCUT2D eigenvalue weighted by Gasteiger charge is 2.25. The van der Waals surface area contributed by atoms with E-state index in [-0.39, 0.29) is 18.4 Å². The molecule has 1 amide bonds. The molecule has 1 fully saturated rings. The molecular formula is C13H26N2O2. The minimum atomic E-state index is 0.201. The molecule has 1 saturated carbocycles. The third-order valence-electron chi connectivity index (χ3n) is 3.61. The lowest BCUT2D eigenvalue weighted by Crippen LogP contribution is -2.37. The number of rotatable bonds is 6. The Morgan fingerprint density at radius 3 is 2.47 bits per heavy atom. The average molecular weight is 242 g/mol. The fourth-order valence-electron chi connectivity index (χ4n) is 2.44. The number of nitrogens with zero attached hydrogens (tertiary/aromatic N) is 1. The summed E-state index contributed by atoms with van der Waals surface area (Å²) < 4.78 is 0. The summed E-state index contributed by atoms with van der Waals surface area (Å²) >= 11 is 0. The van der Waals surface area contributed by atoms with Gasteiger partial charge in [0.05, 0.1) is 0 Å². The van der Waals surface area contributed by atoms with Crippen LogP contribution in [0.2, 0.25) is 0 Å². The Kier molecular flexibility index (Phi) is 6.52. The predicted octanol–water partition coefficient (Wildman–Crippen LogP) is 0.853. The minimum Gasteiger partial charge on any atom is -0.396 e. The zero-order chi connectivity index (χ0) is 12.7. The molecule has 4 nitrogen and oxygen atoms in total. The first-order chi connectivity index (χ1) is 8.13. The lowest BCUT2D eigenvalue weighted by Gasteiger charge is -2.27. The van der Waals surface area contributed by atoms with Crippen molar-refractivity contribution < 1.29 is 9.90 Å². The quantitative estimate of drug-likeness (QED) is 0.726. The summed E-state index contributed by atoms with van der Waals surface area (Å²) in [6.45, 7) is 1.92. The Bertz CT molecular complexity index is 223. The predicted molar refractivity (Wildman–Crippen MR) is 68.7 cm³/mol. The van der Waals surface area contributed by atoms with E-state index in [2.05, 4.69) is 10.2 Å². The highest BCUT2D eigenvalue weighted by atomic mass is 16.3. The van der Waals surface area contributed by atoms with Crippen molar-refractivity contribution in [2.24, 2.45) is 11.8 Å². The van der Waals surface area contributed by atoms with Gasteiger partial charge in [-0.25, -0.2) is 0 Å². The number of hydrogen-bond acceptors (Lipinski definition) is 3. The van der Waals surface area contributed by atoms with Gasteiger partial charge in [0.2, 0.25) is 5.91 Å². The normalized spacial score (nSPS) is 24.9. The van der Waals surface area contributed by atoms with E-state index in [1.807, 2.05) is 14.1 Å². The van der Waals surface area contributed by atoms with Crippen molar-refractivity contribution in [3.8, 4) is 0 Å². The second-order valence-corrected chi connectivity index (χ2v) is 5.32. The Balaban J connectivity index is 2.17. The molecule has 0 aromatic rings. The Morgan fingerprint density at radius 1 is 1.29 bits per heavy atom. The van der Waals surface area contributed by atoms with Crippen molar-refractivity contribution in [3.63, 3.8) is 0 Å². The number of carbonyl (C=O) groups excluding carboxylic acids is 1. The van der Waals surface area contributed by atoms with Crippen LogP contribution in [0.15, 0.2) is 0 Å². The molecule has 0 heterocycles. The molecule has 4 heteroatoms. The van der Waals surface area contributed by atoms with E-state index in [4.69, 9.17) is 5.11 Å². The Hall–Kier alpha value is -0.610. The van der Waals surface area contributed by atoms with Gasteiger partial charge in [0, 0.05) is 25.6 Å². The topological polar surface area (TPSA) is 52.6 Å². The molecule has 0 bridgehead atoms. The monoisotopic (exact) mass is 242 g/mol.